The molecule has 5 nitrogen and oxygen atoms in total. The van der Waals surface area contributed by atoms with E-state index in [0.717, 1.165) is 19.5 Å². The molecule has 4 atom stereocenters. The number of carbonyl (C=O) groups excluding carboxylic acids is 1. The van der Waals surface area contributed by atoms with Gasteiger partial charge < -0.3 is 10.2 Å². The van der Waals surface area contributed by atoms with E-state index in [4.69, 9.17) is 0 Å². The van der Waals surface area contributed by atoms with Gasteiger partial charge >= 0.3 is 0 Å². The van der Waals surface area contributed by atoms with Gasteiger partial charge in [-0.05, 0) is 17.9 Å². The fraction of sp³-hybridized carbons (Fsp3) is 0.562. The zero-order chi connectivity index (χ0) is 14.8. The molecule has 2 saturated heterocycles. The van der Waals surface area contributed by atoms with Crippen molar-refractivity contribution in [3.63, 3.8) is 0 Å². The van der Waals surface area contributed by atoms with Crippen molar-refractivity contribution in [1.29, 1.82) is 0 Å². The average molecular weight is 288 g/mol. The molecule has 0 aromatic heterocycles. The number of nitrogens with one attached hydrogen (secondary N) is 3. The third-order valence-corrected chi connectivity index (χ3v) is 4.66. The number of benzene rings is 1. The Hall–Kier alpha value is -1.43. The molecule has 3 N–H and O–H groups in total. The average Bonchev–Trinajstić information content (AvgIpc) is 3.16. The molecule has 2 heterocycles. The van der Waals surface area contributed by atoms with Crippen molar-refractivity contribution >= 4 is 5.91 Å². The maximum atomic E-state index is 12.1. The lowest BCUT2D eigenvalue weighted by molar-refractivity contribution is -0.130. The molecule has 0 saturated carbocycles. The number of amides is 1. The quantitative estimate of drug-likeness (QED) is 0.749. The van der Waals surface area contributed by atoms with Crippen molar-refractivity contribution in [3.8, 4) is 0 Å². The van der Waals surface area contributed by atoms with Gasteiger partial charge in [-0.2, -0.15) is 0 Å². The minimum atomic E-state index is -0.0381. The van der Waals surface area contributed by atoms with Crippen LogP contribution < -0.4 is 16.2 Å². The molecule has 1 aromatic carbocycles. The normalized spacial score (nSPS) is 32.3. The summed E-state index contributed by atoms with van der Waals surface area (Å²) in [6, 6.07) is 11.0. The van der Waals surface area contributed by atoms with Gasteiger partial charge in [0.2, 0.25) is 5.91 Å². The van der Waals surface area contributed by atoms with E-state index in [1.807, 2.05) is 14.1 Å². The third kappa shape index (κ3) is 2.95. The Bertz CT molecular complexity index is 490. The highest BCUT2D eigenvalue weighted by molar-refractivity contribution is 5.81. The number of hydrogen-bond acceptors (Lipinski definition) is 4. The Balaban J connectivity index is 1.68. The number of nitrogens with zero attached hydrogens (tertiary/aromatic N) is 1. The molecule has 1 amide bonds. The first-order valence-corrected chi connectivity index (χ1v) is 7.64. The van der Waals surface area contributed by atoms with Crippen LogP contribution in [0.25, 0.3) is 0 Å². The van der Waals surface area contributed by atoms with Crippen LogP contribution >= 0.6 is 0 Å². The molecule has 1 aromatic rings. The van der Waals surface area contributed by atoms with Gasteiger partial charge in [-0.15, -0.1) is 0 Å². The first-order valence-electron chi connectivity index (χ1n) is 7.64. The second kappa shape index (κ2) is 6.13. The van der Waals surface area contributed by atoms with Gasteiger partial charge in [0, 0.05) is 39.1 Å². The van der Waals surface area contributed by atoms with Gasteiger partial charge in [0.15, 0.2) is 0 Å². The summed E-state index contributed by atoms with van der Waals surface area (Å²) in [6.45, 7) is 1.84. The number of rotatable bonds is 3. The van der Waals surface area contributed by atoms with E-state index < -0.39 is 0 Å². The summed E-state index contributed by atoms with van der Waals surface area (Å²) in [4.78, 5) is 13.8. The molecule has 114 valence electrons. The van der Waals surface area contributed by atoms with Crippen molar-refractivity contribution < 1.29 is 4.79 Å². The zero-order valence-corrected chi connectivity index (χ0v) is 12.7. The molecular weight excluding hydrogens is 264 g/mol. The highest BCUT2D eigenvalue weighted by atomic mass is 16.2. The van der Waals surface area contributed by atoms with Gasteiger partial charge in [-0.25, -0.2) is 0 Å². The van der Waals surface area contributed by atoms with Gasteiger partial charge in [-0.1, -0.05) is 30.3 Å². The third-order valence-electron chi connectivity index (χ3n) is 4.66. The van der Waals surface area contributed by atoms with Gasteiger partial charge in [0.25, 0.3) is 0 Å². The number of carbonyl (C=O) groups is 1. The Labute approximate surface area is 126 Å². The van der Waals surface area contributed by atoms with Gasteiger partial charge in [0.1, 0.15) is 0 Å². The highest BCUT2D eigenvalue weighted by Gasteiger charge is 2.40. The fourth-order valence-electron chi connectivity index (χ4n) is 3.52. The van der Waals surface area contributed by atoms with Crippen molar-refractivity contribution in [2.45, 2.75) is 24.4 Å². The van der Waals surface area contributed by atoms with Gasteiger partial charge in [-0.3, -0.25) is 15.6 Å². The lowest BCUT2D eigenvalue weighted by atomic mass is 9.84. The van der Waals surface area contributed by atoms with E-state index >= 15 is 0 Å². The molecule has 2 aliphatic heterocycles. The van der Waals surface area contributed by atoms with E-state index in [2.05, 4.69) is 46.5 Å². The molecular formula is C16H24N4O. The largest absolute Gasteiger partial charge is 0.347 e. The number of likely N-dealkylation sites (N-methyl/N-ethyl adjacent to an activating group) is 1. The van der Waals surface area contributed by atoms with Crippen LogP contribution in [0.3, 0.4) is 0 Å². The summed E-state index contributed by atoms with van der Waals surface area (Å²) in [5.74, 6) is 1.12. The van der Waals surface area contributed by atoms with E-state index in [1.165, 1.54) is 5.56 Å². The van der Waals surface area contributed by atoms with E-state index in [-0.39, 0.29) is 11.9 Å². The summed E-state index contributed by atoms with van der Waals surface area (Å²) in [6.07, 6.45) is 0.902. The molecule has 3 rings (SSSR count). The number of hydrazine groups is 1. The van der Waals surface area contributed by atoms with Crippen LogP contribution in [-0.2, 0) is 4.79 Å². The fourth-order valence-corrected chi connectivity index (χ4v) is 3.52. The topological polar surface area (TPSA) is 56.4 Å². The lowest BCUT2D eigenvalue weighted by Crippen LogP contribution is -2.39. The highest BCUT2D eigenvalue weighted by Crippen LogP contribution is 2.31. The molecule has 4 unspecified atom stereocenters. The van der Waals surface area contributed by atoms with Gasteiger partial charge in [0.05, 0.1) is 6.04 Å². The molecule has 0 aliphatic carbocycles. The summed E-state index contributed by atoms with van der Waals surface area (Å²) in [5, 5.41) is 3.38. The second-order valence-electron chi connectivity index (χ2n) is 6.26. The summed E-state index contributed by atoms with van der Waals surface area (Å²) < 4.78 is 0. The van der Waals surface area contributed by atoms with Crippen molar-refractivity contribution in [3.05, 3.63) is 35.9 Å². The van der Waals surface area contributed by atoms with E-state index in [9.17, 15) is 4.79 Å². The lowest BCUT2D eigenvalue weighted by Gasteiger charge is -2.24. The predicted molar refractivity (Wildman–Crippen MR) is 82.7 cm³/mol. The molecule has 21 heavy (non-hydrogen) atoms. The maximum absolute atomic E-state index is 12.1. The minimum Gasteiger partial charge on any atom is -0.347 e. The van der Waals surface area contributed by atoms with E-state index in [1.54, 1.807) is 4.90 Å². The molecule has 0 spiro atoms. The standard InChI is InChI=1S/C16H24N4O/c1-20(2)16(21)14-8-12(9-17-14)15-13(10-18-19-15)11-6-4-3-5-7-11/h3-7,12-15,17-19H,8-10H2,1-2H3. The van der Waals surface area contributed by atoms with Crippen LogP contribution in [0.15, 0.2) is 30.3 Å². The Morgan fingerprint density at radius 3 is 2.67 bits per heavy atom. The van der Waals surface area contributed by atoms with Crippen molar-refractivity contribution in [2.75, 3.05) is 27.2 Å². The molecule has 5 heteroatoms. The van der Waals surface area contributed by atoms with Crippen molar-refractivity contribution in [1.82, 2.24) is 21.1 Å². The summed E-state index contributed by atoms with van der Waals surface area (Å²) >= 11 is 0. The van der Waals surface area contributed by atoms with Crippen LogP contribution in [0.5, 0.6) is 0 Å². The second-order valence-corrected chi connectivity index (χ2v) is 6.26. The van der Waals surface area contributed by atoms with Crippen LogP contribution in [0.2, 0.25) is 0 Å². The van der Waals surface area contributed by atoms with Crippen LogP contribution in [0.4, 0.5) is 0 Å². The molecule has 0 bridgehead atoms. The molecule has 2 aliphatic rings. The number of hydrogen-bond donors (Lipinski definition) is 3. The SMILES string of the molecule is CN(C)C(=O)C1CC(C2NNCC2c2ccccc2)CN1. The maximum Gasteiger partial charge on any atom is 0.239 e. The smallest absolute Gasteiger partial charge is 0.239 e. The van der Waals surface area contributed by atoms with Crippen LogP contribution in [0, 0.1) is 5.92 Å². The monoisotopic (exact) mass is 288 g/mol. The first kappa shape index (κ1) is 14.5. The minimum absolute atomic E-state index is 0.0381. The molecule has 2 fully saturated rings. The van der Waals surface area contributed by atoms with Crippen molar-refractivity contribution in [2.24, 2.45) is 5.92 Å². The summed E-state index contributed by atoms with van der Waals surface area (Å²) in [5.41, 5.74) is 8.08. The Morgan fingerprint density at radius 1 is 1.19 bits per heavy atom. The Kier molecular flexibility index (Phi) is 4.24. The van der Waals surface area contributed by atoms with Crippen LogP contribution in [-0.4, -0.2) is 50.1 Å². The predicted octanol–water partition coefficient (Wildman–Crippen LogP) is 0.313. The molecule has 0 radical (unpaired) electrons. The summed E-state index contributed by atoms with van der Waals surface area (Å²) in [7, 11) is 3.64. The first-order chi connectivity index (χ1) is 10.2. The van der Waals surface area contributed by atoms with E-state index in [0.29, 0.717) is 17.9 Å². The Morgan fingerprint density at radius 2 is 1.95 bits per heavy atom. The zero-order valence-electron chi connectivity index (χ0n) is 12.7. The van der Waals surface area contributed by atoms with Crippen LogP contribution in [0.1, 0.15) is 17.9 Å².